The quantitative estimate of drug-likeness (QED) is 0.508. The average molecular weight is 464 g/mol. The summed E-state index contributed by atoms with van der Waals surface area (Å²) in [4.78, 5) is 39.4. The number of ether oxygens (including phenoxy) is 1. The van der Waals surface area contributed by atoms with Crippen molar-refractivity contribution in [3.8, 4) is 11.3 Å². The van der Waals surface area contributed by atoms with Crippen LogP contribution in [0.5, 0.6) is 0 Å². The first kappa shape index (κ1) is 21.8. The molecule has 0 spiro atoms. The maximum absolute atomic E-state index is 12.1. The average Bonchev–Trinajstić information content (AvgIpc) is 3.16. The molecule has 154 valence electrons. The summed E-state index contributed by atoms with van der Waals surface area (Å²) >= 11 is 13.1. The lowest BCUT2D eigenvalue weighted by molar-refractivity contribution is -0.119. The van der Waals surface area contributed by atoms with Crippen molar-refractivity contribution >= 4 is 63.1 Å². The Morgan fingerprint density at radius 1 is 1.03 bits per heavy atom. The van der Waals surface area contributed by atoms with E-state index in [1.807, 2.05) is 0 Å². The van der Waals surface area contributed by atoms with Crippen molar-refractivity contribution in [2.24, 2.45) is 0 Å². The summed E-state index contributed by atoms with van der Waals surface area (Å²) in [6.45, 7) is 0.921. The van der Waals surface area contributed by atoms with Crippen molar-refractivity contribution < 1.29 is 19.1 Å². The molecule has 3 rings (SSSR count). The minimum absolute atomic E-state index is 0.216. The number of amides is 2. The summed E-state index contributed by atoms with van der Waals surface area (Å²) in [5.74, 6) is -1.39. The molecular formula is C20H15Cl2N3O4S. The fraction of sp³-hybridized carbons (Fsp3) is 0.100. The van der Waals surface area contributed by atoms with E-state index in [0.29, 0.717) is 26.6 Å². The molecule has 0 aliphatic heterocycles. The molecule has 3 aromatic rings. The first-order valence-corrected chi connectivity index (χ1v) is 10.2. The van der Waals surface area contributed by atoms with Crippen LogP contribution in [0.2, 0.25) is 10.0 Å². The van der Waals surface area contributed by atoms with Gasteiger partial charge in [-0.3, -0.25) is 14.9 Å². The van der Waals surface area contributed by atoms with E-state index in [9.17, 15) is 14.4 Å². The van der Waals surface area contributed by atoms with Gasteiger partial charge in [0.15, 0.2) is 11.7 Å². The van der Waals surface area contributed by atoms with E-state index in [4.69, 9.17) is 27.9 Å². The van der Waals surface area contributed by atoms with Gasteiger partial charge in [-0.05, 0) is 36.4 Å². The van der Waals surface area contributed by atoms with Gasteiger partial charge in [-0.25, -0.2) is 9.78 Å². The maximum atomic E-state index is 12.1. The number of nitrogens with zero attached hydrogens (tertiary/aromatic N) is 1. The van der Waals surface area contributed by atoms with Gasteiger partial charge >= 0.3 is 5.97 Å². The number of nitrogens with one attached hydrogen (secondary N) is 2. The Morgan fingerprint density at radius 2 is 1.77 bits per heavy atom. The molecule has 30 heavy (non-hydrogen) atoms. The molecule has 2 aromatic carbocycles. The summed E-state index contributed by atoms with van der Waals surface area (Å²) in [5, 5.41) is 8.14. The standard InChI is InChI=1S/C20H15Cl2N3O4S/c1-11(26)23-14-5-2-12(3-6-14)19(28)29-9-18(27)25-20-24-17(10-30-20)13-4-7-15(21)16(22)8-13/h2-8,10H,9H2,1H3,(H,23,26)(H,24,25,27). The van der Waals surface area contributed by atoms with E-state index in [0.717, 1.165) is 5.56 Å². The van der Waals surface area contributed by atoms with Crippen LogP contribution >= 0.6 is 34.5 Å². The Labute approximate surface area is 186 Å². The van der Waals surface area contributed by atoms with Crippen LogP contribution in [-0.2, 0) is 14.3 Å². The molecular weight excluding hydrogens is 449 g/mol. The molecule has 2 amide bonds. The van der Waals surface area contributed by atoms with E-state index < -0.39 is 18.5 Å². The Kier molecular flexibility index (Phi) is 7.04. The maximum Gasteiger partial charge on any atom is 0.338 e. The summed E-state index contributed by atoms with van der Waals surface area (Å²) in [5.41, 5.74) is 2.20. The molecule has 0 radical (unpaired) electrons. The Hall–Kier alpha value is -2.94. The lowest BCUT2D eigenvalue weighted by atomic mass is 10.2. The predicted molar refractivity (Wildman–Crippen MR) is 117 cm³/mol. The third-order valence-electron chi connectivity index (χ3n) is 3.74. The van der Waals surface area contributed by atoms with E-state index >= 15 is 0 Å². The molecule has 10 heteroatoms. The number of carbonyl (C=O) groups is 3. The molecule has 1 heterocycles. The second kappa shape index (κ2) is 9.71. The first-order valence-electron chi connectivity index (χ1n) is 8.57. The van der Waals surface area contributed by atoms with Crippen molar-refractivity contribution in [2.45, 2.75) is 6.92 Å². The van der Waals surface area contributed by atoms with Gasteiger partial charge in [0, 0.05) is 23.6 Å². The highest BCUT2D eigenvalue weighted by Crippen LogP contribution is 2.30. The highest BCUT2D eigenvalue weighted by molar-refractivity contribution is 7.14. The van der Waals surface area contributed by atoms with E-state index in [-0.39, 0.29) is 11.5 Å². The zero-order chi connectivity index (χ0) is 21.7. The zero-order valence-electron chi connectivity index (χ0n) is 15.6. The zero-order valence-corrected chi connectivity index (χ0v) is 17.9. The number of aromatic nitrogens is 1. The topological polar surface area (TPSA) is 97.4 Å². The fourth-order valence-electron chi connectivity index (χ4n) is 2.38. The van der Waals surface area contributed by atoms with E-state index in [1.165, 1.54) is 30.4 Å². The molecule has 0 atom stereocenters. The smallest absolute Gasteiger partial charge is 0.338 e. The number of hydrogen-bond donors (Lipinski definition) is 2. The van der Waals surface area contributed by atoms with Crippen LogP contribution in [0.25, 0.3) is 11.3 Å². The van der Waals surface area contributed by atoms with Gasteiger partial charge in [-0.2, -0.15) is 0 Å². The van der Waals surface area contributed by atoms with Gasteiger partial charge in [0.2, 0.25) is 5.91 Å². The van der Waals surface area contributed by atoms with Crippen molar-refractivity contribution in [3.05, 3.63) is 63.5 Å². The number of carbonyl (C=O) groups excluding carboxylic acids is 3. The largest absolute Gasteiger partial charge is 0.452 e. The Balaban J connectivity index is 1.53. The number of anilines is 2. The summed E-state index contributed by atoms with van der Waals surface area (Å²) in [6, 6.07) is 11.2. The van der Waals surface area contributed by atoms with Gasteiger partial charge in [-0.15, -0.1) is 11.3 Å². The molecule has 0 saturated carbocycles. The molecule has 0 saturated heterocycles. The van der Waals surface area contributed by atoms with Crippen LogP contribution in [0.15, 0.2) is 47.8 Å². The van der Waals surface area contributed by atoms with Crippen LogP contribution in [0, 0.1) is 0 Å². The summed E-state index contributed by atoms with van der Waals surface area (Å²) in [6.07, 6.45) is 0. The highest BCUT2D eigenvalue weighted by Gasteiger charge is 2.13. The monoisotopic (exact) mass is 463 g/mol. The molecule has 0 fully saturated rings. The number of esters is 1. The van der Waals surface area contributed by atoms with Gasteiger partial charge in [-0.1, -0.05) is 29.3 Å². The SMILES string of the molecule is CC(=O)Nc1ccc(C(=O)OCC(=O)Nc2nc(-c3ccc(Cl)c(Cl)c3)cs2)cc1. The van der Waals surface area contributed by atoms with E-state index in [2.05, 4.69) is 15.6 Å². The van der Waals surface area contributed by atoms with Gasteiger partial charge < -0.3 is 10.1 Å². The number of rotatable bonds is 6. The van der Waals surface area contributed by atoms with E-state index in [1.54, 1.807) is 35.7 Å². The number of benzene rings is 2. The number of halogens is 2. The number of thiazole rings is 1. The molecule has 7 nitrogen and oxygen atoms in total. The normalized spacial score (nSPS) is 10.4. The highest BCUT2D eigenvalue weighted by atomic mass is 35.5. The molecule has 1 aromatic heterocycles. The van der Waals surface area contributed by atoms with Crippen LogP contribution in [0.4, 0.5) is 10.8 Å². The minimum atomic E-state index is -0.657. The molecule has 0 unspecified atom stereocenters. The van der Waals surface area contributed by atoms with Gasteiger partial charge in [0.25, 0.3) is 5.91 Å². The van der Waals surface area contributed by atoms with Crippen molar-refractivity contribution in [3.63, 3.8) is 0 Å². The second-order valence-corrected chi connectivity index (χ2v) is 7.72. The van der Waals surface area contributed by atoms with Crippen LogP contribution in [0.3, 0.4) is 0 Å². The Bertz CT molecular complexity index is 1100. The molecule has 0 bridgehead atoms. The molecule has 0 aliphatic rings. The van der Waals surface area contributed by atoms with Crippen LogP contribution in [0.1, 0.15) is 17.3 Å². The summed E-state index contributed by atoms with van der Waals surface area (Å²) in [7, 11) is 0. The third-order valence-corrected chi connectivity index (χ3v) is 5.24. The minimum Gasteiger partial charge on any atom is -0.452 e. The van der Waals surface area contributed by atoms with Crippen LogP contribution < -0.4 is 10.6 Å². The lowest BCUT2D eigenvalue weighted by Crippen LogP contribution is -2.20. The lowest BCUT2D eigenvalue weighted by Gasteiger charge is -2.06. The second-order valence-electron chi connectivity index (χ2n) is 6.05. The van der Waals surface area contributed by atoms with Crippen LogP contribution in [-0.4, -0.2) is 29.4 Å². The van der Waals surface area contributed by atoms with Crippen molar-refractivity contribution in [2.75, 3.05) is 17.2 Å². The predicted octanol–water partition coefficient (Wildman–Crippen LogP) is 4.87. The van der Waals surface area contributed by atoms with Gasteiger partial charge in [0.05, 0.1) is 21.3 Å². The fourth-order valence-corrected chi connectivity index (χ4v) is 3.42. The number of hydrogen-bond acceptors (Lipinski definition) is 6. The molecule has 2 N–H and O–H groups in total. The first-order chi connectivity index (χ1) is 14.3. The third kappa shape index (κ3) is 5.79. The van der Waals surface area contributed by atoms with Crippen molar-refractivity contribution in [1.82, 2.24) is 4.98 Å². The van der Waals surface area contributed by atoms with Gasteiger partial charge in [0.1, 0.15) is 0 Å². The summed E-state index contributed by atoms with van der Waals surface area (Å²) < 4.78 is 5.01. The molecule has 0 aliphatic carbocycles. The Morgan fingerprint density at radius 3 is 2.43 bits per heavy atom. The van der Waals surface area contributed by atoms with Crippen molar-refractivity contribution in [1.29, 1.82) is 0 Å².